The van der Waals surface area contributed by atoms with E-state index >= 15 is 0 Å². The van der Waals surface area contributed by atoms with Crippen molar-refractivity contribution < 1.29 is 14.3 Å². The third-order valence-corrected chi connectivity index (χ3v) is 3.16. The lowest BCUT2D eigenvalue weighted by atomic mass is 10.1. The summed E-state index contributed by atoms with van der Waals surface area (Å²) in [5.41, 5.74) is -0.122. The van der Waals surface area contributed by atoms with Gasteiger partial charge in [0, 0.05) is 6.61 Å². The molecule has 5 heteroatoms. The van der Waals surface area contributed by atoms with Gasteiger partial charge in [0.25, 0.3) is 5.91 Å². The van der Waals surface area contributed by atoms with Gasteiger partial charge in [-0.2, -0.15) is 5.26 Å². The van der Waals surface area contributed by atoms with Crippen molar-refractivity contribution in [2.75, 3.05) is 18.5 Å². The summed E-state index contributed by atoms with van der Waals surface area (Å²) >= 11 is 0. The third kappa shape index (κ3) is 5.91. The fourth-order valence-corrected chi connectivity index (χ4v) is 1.77. The molecular formula is C18H26N2O3. The van der Waals surface area contributed by atoms with E-state index in [1.807, 2.05) is 6.92 Å². The maximum Gasteiger partial charge on any atom is 0.256 e. The van der Waals surface area contributed by atoms with Gasteiger partial charge in [-0.05, 0) is 44.4 Å². The van der Waals surface area contributed by atoms with Crippen LogP contribution in [0.25, 0.3) is 0 Å². The van der Waals surface area contributed by atoms with Gasteiger partial charge in [-0.25, -0.2) is 0 Å². The van der Waals surface area contributed by atoms with E-state index in [9.17, 15) is 10.1 Å². The van der Waals surface area contributed by atoms with Crippen molar-refractivity contribution in [1.29, 1.82) is 5.26 Å². The van der Waals surface area contributed by atoms with Gasteiger partial charge in [-0.15, -0.1) is 0 Å². The molecule has 0 aliphatic rings. The second-order valence-electron chi connectivity index (χ2n) is 6.34. The van der Waals surface area contributed by atoms with Gasteiger partial charge < -0.3 is 14.8 Å². The van der Waals surface area contributed by atoms with Gasteiger partial charge in [0.2, 0.25) is 0 Å². The standard InChI is InChI=1S/C18H26N2O3/c1-6-9-23-18(4,5)17(21)20-16-8-7-15(10-14(16)11-19)22-12-13(2)3/h7-8,10,13H,6,9,12H2,1-5H3,(H,20,21). The van der Waals surface area contributed by atoms with Crippen LogP contribution < -0.4 is 10.1 Å². The first-order valence-corrected chi connectivity index (χ1v) is 7.92. The number of nitriles is 1. The number of amides is 1. The predicted octanol–water partition coefficient (Wildman–Crippen LogP) is 3.74. The van der Waals surface area contributed by atoms with Crippen molar-refractivity contribution in [3.63, 3.8) is 0 Å². The van der Waals surface area contributed by atoms with Crippen LogP contribution in [-0.4, -0.2) is 24.7 Å². The average molecular weight is 318 g/mol. The molecule has 126 valence electrons. The molecule has 0 saturated heterocycles. The zero-order valence-electron chi connectivity index (χ0n) is 14.6. The molecule has 0 spiro atoms. The van der Waals surface area contributed by atoms with Crippen LogP contribution in [0.5, 0.6) is 5.75 Å². The number of anilines is 1. The van der Waals surface area contributed by atoms with Gasteiger partial charge in [0.05, 0.1) is 17.9 Å². The highest BCUT2D eigenvalue weighted by molar-refractivity contribution is 5.97. The quantitative estimate of drug-likeness (QED) is 0.792. The summed E-state index contributed by atoms with van der Waals surface area (Å²) in [5.74, 6) is 0.740. The molecule has 0 saturated carbocycles. The summed E-state index contributed by atoms with van der Waals surface area (Å²) in [7, 11) is 0. The minimum Gasteiger partial charge on any atom is -0.493 e. The number of carbonyl (C=O) groups excluding carboxylic acids is 1. The molecule has 1 aromatic carbocycles. The summed E-state index contributed by atoms with van der Waals surface area (Å²) in [6.45, 7) is 10.6. The van der Waals surface area contributed by atoms with Crippen molar-refractivity contribution >= 4 is 11.6 Å². The van der Waals surface area contributed by atoms with Crippen molar-refractivity contribution in [2.45, 2.75) is 46.6 Å². The number of rotatable bonds is 8. The molecule has 5 nitrogen and oxygen atoms in total. The largest absolute Gasteiger partial charge is 0.493 e. The molecule has 0 bridgehead atoms. The Morgan fingerprint density at radius 2 is 2.09 bits per heavy atom. The van der Waals surface area contributed by atoms with Crippen LogP contribution in [-0.2, 0) is 9.53 Å². The fourth-order valence-electron chi connectivity index (χ4n) is 1.77. The topological polar surface area (TPSA) is 71.3 Å². The lowest BCUT2D eigenvalue weighted by molar-refractivity contribution is -0.137. The molecule has 0 aliphatic carbocycles. The van der Waals surface area contributed by atoms with E-state index in [0.717, 1.165) is 6.42 Å². The van der Waals surface area contributed by atoms with Gasteiger partial charge in [0.1, 0.15) is 17.4 Å². The van der Waals surface area contributed by atoms with E-state index in [2.05, 4.69) is 25.2 Å². The Kier molecular flexibility index (Phi) is 7.05. The van der Waals surface area contributed by atoms with Gasteiger partial charge in [-0.3, -0.25) is 4.79 Å². The molecule has 0 aromatic heterocycles. The minimum atomic E-state index is -0.949. The summed E-state index contributed by atoms with van der Waals surface area (Å²) in [6, 6.07) is 7.16. The smallest absolute Gasteiger partial charge is 0.256 e. The molecule has 23 heavy (non-hydrogen) atoms. The molecule has 0 fully saturated rings. The molecule has 1 N–H and O–H groups in total. The van der Waals surface area contributed by atoms with Gasteiger partial charge >= 0.3 is 0 Å². The lowest BCUT2D eigenvalue weighted by Crippen LogP contribution is -2.40. The Bertz CT molecular complexity index is 574. The maximum absolute atomic E-state index is 12.3. The zero-order chi connectivity index (χ0) is 17.5. The summed E-state index contributed by atoms with van der Waals surface area (Å²) < 4.78 is 11.2. The average Bonchev–Trinajstić information content (AvgIpc) is 2.51. The van der Waals surface area contributed by atoms with Crippen LogP contribution in [0.3, 0.4) is 0 Å². The summed E-state index contributed by atoms with van der Waals surface area (Å²) in [6.07, 6.45) is 0.835. The van der Waals surface area contributed by atoms with E-state index in [1.54, 1.807) is 32.0 Å². The Hall–Kier alpha value is -2.06. The first-order valence-electron chi connectivity index (χ1n) is 7.92. The van der Waals surface area contributed by atoms with Gasteiger partial charge in [0.15, 0.2) is 0 Å². The van der Waals surface area contributed by atoms with E-state index in [4.69, 9.17) is 9.47 Å². The Morgan fingerprint density at radius 1 is 1.39 bits per heavy atom. The highest BCUT2D eigenvalue weighted by Gasteiger charge is 2.28. The van der Waals surface area contributed by atoms with Crippen molar-refractivity contribution in [3.8, 4) is 11.8 Å². The number of ether oxygens (including phenoxy) is 2. The predicted molar refractivity (Wildman–Crippen MR) is 90.4 cm³/mol. The minimum absolute atomic E-state index is 0.279. The normalized spacial score (nSPS) is 11.2. The lowest BCUT2D eigenvalue weighted by Gasteiger charge is -2.24. The summed E-state index contributed by atoms with van der Waals surface area (Å²) in [4.78, 5) is 12.3. The molecule has 1 aromatic rings. The number of hydrogen-bond donors (Lipinski definition) is 1. The Labute approximate surface area is 138 Å². The molecule has 0 atom stereocenters. The van der Waals surface area contributed by atoms with Crippen LogP contribution in [0.2, 0.25) is 0 Å². The number of benzene rings is 1. The van der Waals surface area contributed by atoms with E-state index in [-0.39, 0.29) is 5.91 Å². The molecule has 0 radical (unpaired) electrons. The van der Waals surface area contributed by atoms with E-state index < -0.39 is 5.60 Å². The highest BCUT2D eigenvalue weighted by atomic mass is 16.5. The maximum atomic E-state index is 12.3. The third-order valence-electron chi connectivity index (χ3n) is 3.16. The van der Waals surface area contributed by atoms with Crippen molar-refractivity contribution in [1.82, 2.24) is 0 Å². The second-order valence-corrected chi connectivity index (χ2v) is 6.34. The van der Waals surface area contributed by atoms with E-state index in [0.29, 0.717) is 36.1 Å². The van der Waals surface area contributed by atoms with E-state index in [1.165, 1.54) is 0 Å². The van der Waals surface area contributed by atoms with Crippen LogP contribution in [0, 0.1) is 17.2 Å². The zero-order valence-corrected chi connectivity index (χ0v) is 14.6. The van der Waals surface area contributed by atoms with Crippen LogP contribution in [0.1, 0.15) is 46.6 Å². The number of hydrogen-bond acceptors (Lipinski definition) is 4. The molecular weight excluding hydrogens is 292 g/mol. The second kappa shape index (κ2) is 8.54. The fraction of sp³-hybridized carbons (Fsp3) is 0.556. The van der Waals surface area contributed by atoms with Crippen molar-refractivity contribution in [3.05, 3.63) is 23.8 Å². The number of nitrogens with one attached hydrogen (secondary N) is 1. The number of nitrogens with zero attached hydrogens (tertiary/aromatic N) is 1. The van der Waals surface area contributed by atoms with Crippen LogP contribution >= 0.6 is 0 Å². The molecule has 0 aliphatic heterocycles. The Balaban J connectivity index is 2.84. The first-order chi connectivity index (χ1) is 10.8. The summed E-state index contributed by atoms with van der Waals surface area (Å²) in [5, 5.41) is 12.1. The molecule has 0 heterocycles. The number of carbonyl (C=O) groups is 1. The SMILES string of the molecule is CCCOC(C)(C)C(=O)Nc1ccc(OCC(C)C)cc1C#N. The molecule has 1 amide bonds. The molecule has 0 unspecified atom stereocenters. The van der Waals surface area contributed by atoms with Crippen LogP contribution in [0.15, 0.2) is 18.2 Å². The van der Waals surface area contributed by atoms with Crippen LogP contribution in [0.4, 0.5) is 5.69 Å². The first kappa shape index (κ1) is 19.0. The van der Waals surface area contributed by atoms with Crippen molar-refractivity contribution in [2.24, 2.45) is 5.92 Å². The molecule has 1 rings (SSSR count). The Morgan fingerprint density at radius 3 is 2.65 bits per heavy atom. The highest BCUT2D eigenvalue weighted by Crippen LogP contribution is 2.23. The monoisotopic (exact) mass is 318 g/mol. The van der Waals surface area contributed by atoms with Gasteiger partial charge in [-0.1, -0.05) is 20.8 Å².